The van der Waals surface area contributed by atoms with Crippen molar-refractivity contribution in [3.8, 4) is 0 Å². The predicted octanol–water partition coefficient (Wildman–Crippen LogP) is 2.36. The van der Waals surface area contributed by atoms with Crippen LogP contribution >= 0.6 is 10.0 Å². The smallest absolute Gasteiger partial charge is 0.123 e. The number of rotatable bonds is 4. The molecule has 102 valence electrons. The van der Waals surface area contributed by atoms with Crippen molar-refractivity contribution in [1.82, 2.24) is 5.32 Å². The molecule has 1 aliphatic heterocycles. The molecular weight excluding hydrogens is 249 g/mol. The summed E-state index contributed by atoms with van der Waals surface area (Å²) in [5.74, 6) is 0.572. The van der Waals surface area contributed by atoms with Gasteiger partial charge in [0.05, 0.1) is 6.10 Å². The summed E-state index contributed by atoms with van der Waals surface area (Å²) in [7, 11) is -1.07. The lowest BCUT2D eigenvalue weighted by atomic mass is 10.1. The SMILES string of the molecule is CS(C)(C[C@@H](O)[C@@H]1CCCN1)c1ccc(F)cc1. The normalized spacial score (nSPS) is 23.0. The molecule has 2 atom stereocenters. The van der Waals surface area contributed by atoms with Crippen LogP contribution < -0.4 is 5.32 Å². The van der Waals surface area contributed by atoms with Crippen molar-refractivity contribution in [1.29, 1.82) is 0 Å². The van der Waals surface area contributed by atoms with Gasteiger partial charge in [0.25, 0.3) is 0 Å². The van der Waals surface area contributed by atoms with Gasteiger partial charge >= 0.3 is 0 Å². The van der Waals surface area contributed by atoms with E-state index in [9.17, 15) is 9.50 Å². The Balaban J connectivity index is 2.03. The molecule has 0 unspecified atom stereocenters. The van der Waals surface area contributed by atoms with E-state index >= 15 is 0 Å². The van der Waals surface area contributed by atoms with E-state index in [1.54, 1.807) is 0 Å². The van der Waals surface area contributed by atoms with Gasteiger partial charge in [0.15, 0.2) is 0 Å². The first kappa shape index (κ1) is 13.8. The molecule has 0 amide bonds. The molecule has 2 N–H and O–H groups in total. The second kappa shape index (κ2) is 5.59. The standard InChI is InChI=1S/C14H22FNOS/c1-18(2,12-7-5-11(15)6-8-12)10-14(17)13-4-3-9-16-13/h5-8,13-14,16-17H,3-4,9-10H2,1-2H3/t13-,14+/m0/s1. The van der Waals surface area contributed by atoms with Gasteiger partial charge in [-0.15, -0.1) is 0 Å². The summed E-state index contributed by atoms with van der Waals surface area (Å²) in [6, 6.07) is 6.94. The van der Waals surface area contributed by atoms with Crippen LogP contribution in [0, 0.1) is 5.82 Å². The molecule has 0 bridgehead atoms. The summed E-state index contributed by atoms with van der Waals surface area (Å²) in [6.07, 6.45) is 6.26. The first-order chi connectivity index (χ1) is 8.49. The van der Waals surface area contributed by atoms with E-state index in [0.29, 0.717) is 0 Å². The van der Waals surface area contributed by atoms with Crippen molar-refractivity contribution in [2.45, 2.75) is 29.9 Å². The molecule has 1 aromatic carbocycles. The maximum atomic E-state index is 12.9. The van der Waals surface area contributed by atoms with Crippen molar-refractivity contribution in [2.75, 3.05) is 24.8 Å². The zero-order valence-electron chi connectivity index (χ0n) is 11.0. The van der Waals surface area contributed by atoms with Gasteiger partial charge in [-0.25, -0.2) is 14.4 Å². The van der Waals surface area contributed by atoms with Crippen LogP contribution in [-0.4, -0.2) is 42.1 Å². The van der Waals surface area contributed by atoms with Crippen molar-refractivity contribution in [2.24, 2.45) is 0 Å². The van der Waals surface area contributed by atoms with Crippen LogP contribution in [0.1, 0.15) is 12.8 Å². The number of hydrogen-bond acceptors (Lipinski definition) is 2. The summed E-state index contributed by atoms with van der Waals surface area (Å²) in [6.45, 7) is 1.01. The minimum atomic E-state index is -1.07. The van der Waals surface area contributed by atoms with Crippen molar-refractivity contribution in [3.63, 3.8) is 0 Å². The van der Waals surface area contributed by atoms with Crippen molar-refractivity contribution >= 4 is 10.0 Å². The van der Waals surface area contributed by atoms with Gasteiger partial charge in [-0.2, -0.15) is 0 Å². The average molecular weight is 271 g/mol. The van der Waals surface area contributed by atoms with Crippen LogP contribution in [0.4, 0.5) is 4.39 Å². The minimum Gasteiger partial charge on any atom is -0.391 e. The van der Waals surface area contributed by atoms with Crippen LogP contribution in [-0.2, 0) is 0 Å². The first-order valence-corrected chi connectivity index (χ1v) is 8.99. The first-order valence-electron chi connectivity index (χ1n) is 6.37. The zero-order valence-corrected chi connectivity index (χ0v) is 11.8. The molecule has 1 fully saturated rings. The molecule has 0 spiro atoms. The van der Waals surface area contributed by atoms with E-state index < -0.39 is 10.0 Å². The van der Waals surface area contributed by atoms with Gasteiger partial charge in [0, 0.05) is 11.8 Å². The quantitative estimate of drug-likeness (QED) is 0.881. The Labute approximate surface area is 110 Å². The van der Waals surface area contributed by atoms with E-state index in [0.717, 1.165) is 30.0 Å². The fourth-order valence-electron chi connectivity index (χ4n) is 2.48. The van der Waals surface area contributed by atoms with Gasteiger partial charge in [-0.05, 0) is 61.1 Å². The number of nitrogens with one attached hydrogen (secondary N) is 1. The molecule has 0 radical (unpaired) electrons. The summed E-state index contributed by atoms with van der Waals surface area (Å²) in [4.78, 5) is 1.15. The lowest BCUT2D eigenvalue weighted by molar-refractivity contribution is 0.158. The number of benzene rings is 1. The van der Waals surface area contributed by atoms with Gasteiger partial charge in [0.1, 0.15) is 5.82 Å². The summed E-state index contributed by atoms with van der Waals surface area (Å²) < 4.78 is 12.9. The highest BCUT2D eigenvalue weighted by atomic mass is 32.3. The second-order valence-electron chi connectivity index (χ2n) is 5.43. The Morgan fingerprint density at radius 1 is 1.39 bits per heavy atom. The molecular formula is C14H22FNOS. The third kappa shape index (κ3) is 3.25. The highest BCUT2D eigenvalue weighted by Gasteiger charge is 2.27. The molecule has 18 heavy (non-hydrogen) atoms. The molecule has 0 aromatic heterocycles. The Hall–Kier alpha value is -0.580. The second-order valence-corrected chi connectivity index (χ2v) is 9.31. The van der Waals surface area contributed by atoms with Crippen LogP contribution in [0.3, 0.4) is 0 Å². The van der Waals surface area contributed by atoms with E-state index in [2.05, 4.69) is 17.8 Å². The summed E-state index contributed by atoms with van der Waals surface area (Å²) in [5, 5.41) is 13.6. The summed E-state index contributed by atoms with van der Waals surface area (Å²) in [5.41, 5.74) is 0. The summed E-state index contributed by atoms with van der Waals surface area (Å²) >= 11 is 0. The van der Waals surface area contributed by atoms with Gasteiger partial charge in [-0.1, -0.05) is 0 Å². The Morgan fingerprint density at radius 2 is 2.06 bits per heavy atom. The minimum absolute atomic E-state index is 0.202. The van der Waals surface area contributed by atoms with Crippen LogP contribution in [0.2, 0.25) is 0 Å². The third-order valence-electron chi connectivity index (χ3n) is 3.60. The van der Waals surface area contributed by atoms with Crippen molar-refractivity contribution in [3.05, 3.63) is 30.1 Å². The number of halogens is 1. The molecule has 0 aliphatic carbocycles. The fraction of sp³-hybridized carbons (Fsp3) is 0.571. The maximum absolute atomic E-state index is 12.9. The number of aliphatic hydroxyl groups excluding tert-OH is 1. The van der Waals surface area contributed by atoms with E-state index in [1.165, 1.54) is 12.1 Å². The van der Waals surface area contributed by atoms with Crippen LogP contribution in [0.25, 0.3) is 0 Å². The van der Waals surface area contributed by atoms with Gasteiger partial charge in [-0.3, -0.25) is 0 Å². The Kier molecular flexibility index (Phi) is 4.30. The molecule has 4 heteroatoms. The largest absolute Gasteiger partial charge is 0.391 e. The number of hydrogen-bond donors (Lipinski definition) is 2. The molecule has 2 rings (SSSR count). The maximum Gasteiger partial charge on any atom is 0.123 e. The lowest BCUT2D eigenvalue weighted by Crippen LogP contribution is -2.38. The Bertz CT molecular complexity index is 387. The predicted molar refractivity (Wildman–Crippen MR) is 76.0 cm³/mol. The van der Waals surface area contributed by atoms with Crippen LogP contribution in [0.5, 0.6) is 0 Å². The van der Waals surface area contributed by atoms with Gasteiger partial charge in [0.2, 0.25) is 0 Å². The molecule has 1 saturated heterocycles. The van der Waals surface area contributed by atoms with Crippen LogP contribution in [0.15, 0.2) is 29.2 Å². The van der Waals surface area contributed by atoms with Crippen molar-refractivity contribution < 1.29 is 9.50 Å². The van der Waals surface area contributed by atoms with E-state index in [1.807, 2.05) is 12.1 Å². The molecule has 1 aliphatic rings. The van der Waals surface area contributed by atoms with Gasteiger partial charge < -0.3 is 10.4 Å². The average Bonchev–Trinajstić information content (AvgIpc) is 2.82. The Morgan fingerprint density at radius 3 is 2.61 bits per heavy atom. The highest BCUT2D eigenvalue weighted by molar-refractivity contribution is 8.32. The zero-order chi connectivity index (χ0) is 13.2. The molecule has 0 saturated carbocycles. The fourth-order valence-corrected chi connectivity index (χ4v) is 4.63. The van der Waals surface area contributed by atoms with E-state index in [-0.39, 0.29) is 18.0 Å². The topological polar surface area (TPSA) is 32.3 Å². The highest BCUT2D eigenvalue weighted by Crippen LogP contribution is 2.49. The third-order valence-corrected chi connectivity index (χ3v) is 6.33. The number of aliphatic hydroxyl groups is 1. The van der Waals surface area contributed by atoms with E-state index in [4.69, 9.17) is 0 Å². The molecule has 2 nitrogen and oxygen atoms in total. The molecule has 1 heterocycles. The molecule has 1 aromatic rings. The lowest BCUT2D eigenvalue weighted by Gasteiger charge is -2.35. The monoisotopic (exact) mass is 271 g/mol.